The molecule has 12 nitrogen and oxygen atoms in total. The number of likely N-dealkylation sites (tertiary alicyclic amines) is 1. The predicted molar refractivity (Wildman–Crippen MR) is 176 cm³/mol. The van der Waals surface area contributed by atoms with Gasteiger partial charge >= 0.3 is 12.1 Å². The number of hydrogen-bond donors (Lipinski definition) is 2. The van der Waals surface area contributed by atoms with Crippen LogP contribution in [0.1, 0.15) is 67.5 Å². The molecule has 2 N–H and O–H groups in total. The number of rotatable bonds is 12. The Morgan fingerprint density at radius 3 is 2.18 bits per heavy atom. The molecule has 0 saturated carbocycles. The Balaban J connectivity index is 1.86. The zero-order valence-electron chi connectivity index (χ0n) is 28.3. The minimum absolute atomic E-state index is 0.0102. The number of ketones is 1. The first-order chi connectivity index (χ1) is 23.5. The van der Waals surface area contributed by atoms with Crippen molar-refractivity contribution in [2.75, 3.05) is 34.7 Å². The van der Waals surface area contributed by atoms with Crippen LogP contribution in [-0.2, 0) is 15.9 Å². The Labute approximate surface area is 284 Å². The van der Waals surface area contributed by atoms with Crippen LogP contribution in [0.4, 0.5) is 9.18 Å². The molecule has 49 heavy (non-hydrogen) atoms. The van der Waals surface area contributed by atoms with Crippen molar-refractivity contribution in [3.63, 3.8) is 0 Å². The topological polar surface area (TPSA) is 150 Å². The van der Waals surface area contributed by atoms with Crippen molar-refractivity contribution in [2.45, 2.75) is 52.3 Å². The number of benzene rings is 3. The van der Waals surface area contributed by atoms with E-state index in [-0.39, 0.29) is 66.4 Å². The number of carbonyl (C=O) groups is 4. The molecule has 0 bridgehead atoms. The molecule has 0 radical (unpaired) electrons. The van der Waals surface area contributed by atoms with E-state index in [0.717, 1.165) is 4.90 Å². The Kier molecular flexibility index (Phi) is 12.2. The number of nitrogens with zero attached hydrogens (tertiary/aromatic N) is 1. The van der Waals surface area contributed by atoms with Gasteiger partial charge in [-0.05, 0) is 68.5 Å². The first kappa shape index (κ1) is 36.7. The molecule has 13 heteroatoms. The molecule has 4 rings (SSSR count). The smallest absolute Gasteiger partial charge is 0.410 e. The molecule has 3 aromatic rings. The monoisotopic (exact) mass is 680 g/mol. The summed E-state index contributed by atoms with van der Waals surface area (Å²) in [5, 5.41) is 13.1. The largest absolute Gasteiger partial charge is 0.496 e. The van der Waals surface area contributed by atoms with Crippen molar-refractivity contribution in [3.8, 4) is 17.2 Å². The van der Waals surface area contributed by atoms with Crippen LogP contribution in [0.15, 0.2) is 48.5 Å². The third-order valence-electron chi connectivity index (χ3n) is 8.45. The van der Waals surface area contributed by atoms with Crippen molar-refractivity contribution in [2.24, 2.45) is 5.92 Å². The molecular weight excluding hydrogens is 639 g/mol. The van der Waals surface area contributed by atoms with Crippen molar-refractivity contribution in [3.05, 3.63) is 87.7 Å². The van der Waals surface area contributed by atoms with Gasteiger partial charge in [-0.2, -0.15) is 0 Å². The molecule has 0 spiro atoms. The summed E-state index contributed by atoms with van der Waals surface area (Å²) in [4.78, 5) is 55.4. The second kappa shape index (κ2) is 16.3. The molecular formula is C36H41FN2O10. The van der Waals surface area contributed by atoms with Crippen LogP contribution in [0.2, 0.25) is 0 Å². The van der Waals surface area contributed by atoms with E-state index in [1.165, 1.54) is 39.5 Å². The van der Waals surface area contributed by atoms with Crippen LogP contribution < -0.4 is 19.5 Å². The number of aryl methyl sites for hydroxylation is 2. The zero-order chi connectivity index (χ0) is 35.8. The van der Waals surface area contributed by atoms with Crippen molar-refractivity contribution in [1.82, 2.24) is 10.2 Å². The van der Waals surface area contributed by atoms with Crippen molar-refractivity contribution in [1.29, 1.82) is 0 Å². The summed E-state index contributed by atoms with van der Waals surface area (Å²) in [7, 11) is 4.14. The van der Waals surface area contributed by atoms with Gasteiger partial charge in [0.2, 0.25) is 6.23 Å². The van der Waals surface area contributed by atoms with Gasteiger partial charge in [0.25, 0.3) is 5.91 Å². The van der Waals surface area contributed by atoms with Gasteiger partial charge in [0.15, 0.2) is 12.6 Å². The summed E-state index contributed by atoms with van der Waals surface area (Å²) in [6.45, 7) is 5.05. The number of carbonyl (C=O) groups excluding carboxylic acids is 3. The molecule has 1 fully saturated rings. The van der Waals surface area contributed by atoms with E-state index in [9.17, 15) is 24.3 Å². The second-order valence-electron chi connectivity index (χ2n) is 11.5. The van der Waals surface area contributed by atoms with E-state index < -0.39 is 47.8 Å². The number of carboxylic acid groups (broad SMARTS) is 1. The van der Waals surface area contributed by atoms with Crippen LogP contribution >= 0.6 is 0 Å². The lowest BCUT2D eigenvalue weighted by molar-refractivity contribution is -0.0416. The quantitative estimate of drug-likeness (QED) is 0.141. The predicted octanol–water partition coefficient (Wildman–Crippen LogP) is 5.56. The number of ether oxygens (including phenoxy) is 5. The minimum atomic E-state index is -1.67. The van der Waals surface area contributed by atoms with Gasteiger partial charge in [0.05, 0.1) is 31.4 Å². The highest BCUT2D eigenvalue weighted by Crippen LogP contribution is 2.37. The molecule has 3 unspecified atom stereocenters. The summed E-state index contributed by atoms with van der Waals surface area (Å²) >= 11 is 0. The molecule has 1 aliphatic heterocycles. The van der Waals surface area contributed by atoms with Gasteiger partial charge in [0, 0.05) is 36.8 Å². The molecule has 1 heterocycles. The summed E-state index contributed by atoms with van der Waals surface area (Å²) < 4.78 is 43.5. The standard InChI is InChI=1S/C36H41FN2O10/c1-7-24-26(46-5)18-27(47-6)28(29(24)37)31(40)25-14-11-15-39(36(43)44)34(49-35(42)22-12-9-8-10-13-22)30(25)38-33(41)23-16-20(2)32(21(3)17-23)48-19-45-4/h8-10,12-13,16-18,25,30,34H,7,11,14-15,19H2,1-6H3,(H,38,41)(H,43,44). The number of nitrogens with one attached hydrogen (secondary N) is 1. The highest BCUT2D eigenvalue weighted by atomic mass is 19.1. The van der Waals surface area contributed by atoms with E-state index in [4.69, 9.17) is 23.7 Å². The number of methoxy groups -OCH3 is 3. The Hall–Kier alpha value is -5.17. The van der Waals surface area contributed by atoms with Gasteiger partial charge in [0.1, 0.15) is 23.1 Å². The first-order valence-corrected chi connectivity index (χ1v) is 15.7. The Morgan fingerprint density at radius 1 is 0.959 bits per heavy atom. The summed E-state index contributed by atoms with van der Waals surface area (Å²) in [6.07, 6.45) is -2.76. The van der Waals surface area contributed by atoms with Gasteiger partial charge in [-0.3, -0.25) is 14.5 Å². The molecule has 0 aliphatic carbocycles. The lowest BCUT2D eigenvalue weighted by atomic mass is 9.85. The van der Waals surface area contributed by atoms with Gasteiger partial charge in [-0.25, -0.2) is 14.0 Å². The fourth-order valence-electron chi connectivity index (χ4n) is 6.14. The fourth-order valence-corrected chi connectivity index (χ4v) is 6.14. The van der Waals surface area contributed by atoms with Crippen molar-refractivity contribution < 1.29 is 52.4 Å². The van der Waals surface area contributed by atoms with Gasteiger partial charge in [-0.15, -0.1) is 0 Å². The average molecular weight is 681 g/mol. The number of amides is 2. The fraction of sp³-hybridized carbons (Fsp3) is 0.389. The van der Waals surface area contributed by atoms with Crippen molar-refractivity contribution >= 4 is 23.8 Å². The van der Waals surface area contributed by atoms with Crippen LogP contribution in [-0.4, -0.2) is 80.7 Å². The first-order valence-electron chi connectivity index (χ1n) is 15.7. The number of hydrogen-bond acceptors (Lipinski definition) is 9. The van der Waals surface area contributed by atoms with E-state index in [1.54, 1.807) is 51.1 Å². The Morgan fingerprint density at radius 2 is 1.61 bits per heavy atom. The van der Waals surface area contributed by atoms with E-state index >= 15 is 4.39 Å². The molecule has 0 aromatic heterocycles. The van der Waals surface area contributed by atoms with Crippen LogP contribution in [0.25, 0.3) is 0 Å². The number of halogens is 1. The van der Waals surface area contributed by atoms with Gasteiger partial charge in [-0.1, -0.05) is 25.1 Å². The maximum Gasteiger partial charge on any atom is 0.410 e. The maximum absolute atomic E-state index is 16.2. The SMILES string of the molecule is CCc1c(OC)cc(OC)c(C(=O)C2CCCN(C(=O)O)C(OC(=O)c3ccccc3)C2NC(=O)c2cc(C)c(OCOC)c(C)c2)c1F. The highest BCUT2D eigenvalue weighted by molar-refractivity contribution is 6.02. The second-order valence-corrected chi connectivity index (χ2v) is 11.5. The minimum Gasteiger partial charge on any atom is -0.496 e. The number of Topliss-reactive ketones (excluding diaryl/α,β-unsaturated/α-hetero) is 1. The number of esters is 1. The van der Waals surface area contributed by atoms with E-state index in [1.807, 2.05) is 0 Å². The Bertz CT molecular complexity index is 1670. The molecule has 2 amide bonds. The highest BCUT2D eigenvalue weighted by Gasteiger charge is 2.46. The third kappa shape index (κ3) is 7.94. The van der Waals surface area contributed by atoms with E-state index in [0.29, 0.717) is 16.9 Å². The zero-order valence-corrected chi connectivity index (χ0v) is 28.3. The molecule has 1 saturated heterocycles. The van der Waals surface area contributed by atoms with Crippen LogP contribution in [0.3, 0.4) is 0 Å². The van der Waals surface area contributed by atoms with Gasteiger partial charge < -0.3 is 34.1 Å². The van der Waals surface area contributed by atoms with Crippen LogP contribution in [0.5, 0.6) is 17.2 Å². The van der Waals surface area contributed by atoms with Crippen LogP contribution in [0, 0.1) is 25.6 Å². The normalized spacial score (nSPS) is 17.4. The molecule has 3 atom stereocenters. The molecule has 3 aromatic carbocycles. The lowest BCUT2D eigenvalue weighted by Gasteiger charge is -2.35. The summed E-state index contributed by atoms with van der Waals surface area (Å²) in [6, 6.07) is 11.0. The maximum atomic E-state index is 16.2. The third-order valence-corrected chi connectivity index (χ3v) is 8.45. The van der Waals surface area contributed by atoms with E-state index in [2.05, 4.69) is 5.32 Å². The summed E-state index contributed by atoms with van der Waals surface area (Å²) in [5.41, 5.74) is 1.29. The molecule has 1 aliphatic rings. The lowest BCUT2D eigenvalue weighted by Crippen LogP contribution is -2.58. The molecule has 262 valence electrons. The average Bonchev–Trinajstić information content (AvgIpc) is 3.26. The summed E-state index contributed by atoms with van der Waals surface area (Å²) in [5.74, 6) is -3.83.